The summed E-state index contributed by atoms with van der Waals surface area (Å²) >= 11 is 0. The van der Waals surface area contributed by atoms with E-state index >= 15 is 4.39 Å². The smallest absolute Gasteiger partial charge is 0.341 e. The Hall–Kier alpha value is -5.82. The molecule has 2 aromatic heterocycles. The molecule has 0 amide bonds. The normalized spacial score (nSPS) is 15.3. The predicted octanol–water partition coefficient (Wildman–Crippen LogP) is 4.69. The van der Waals surface area contributed by atoms with Crippen molar-refractivity contribution in [3.63, 3.8) is 0 Å². The third-order valence-electron chi connectivity index (χ3n) is 8.96. The number of carboxylic acid groups (broad SMARTS) is 1. The number of phenols is 1. The second kappa shape index (κ2) is 13.0. The molecular formula is C36H33FN6O6. The molecule has 12 nitrogen and oxygen atoms in total. The van der Waals surface area contributed by atoms with Crippen LogP contribution in [-0.2, 0) is 6.54 Å². The number of methoxy groups -OCH3 is 1. The Balaban J connectivity index is 0.980. The van der Waals surface area contributed by atoms with Crippen LogP contribution in [0.5, 0.6) is 11.5 Å². The van der Waals surface area contributed by atoms with E-state index in [9.17, 15) is 24.6 Å². The number of phenolic OH excluding ortho intramolecular Hbond substituents is 1. The summed E-state index contributed by atoms with van der Waals surface area (Å²) in [6, 6.07) is 14.8. The summed E-state index contributed by atoms with van der Waals surface area (Å²) in [7, 11) is 1.46. The number of fused-ring (bicyclic) bond motifs is 1. The Morgan fingerprint density at radius 2 is 1.78 bits per heavy atom. The Morgan fingerprint density at radius 3 is 2.47 bits per heavy atom. The molecular weight excluding hydrogens is 631 g/mol. The van der Waals surface area contributed by atoms with Crippen molar-refractivity contribution in [2.24, 2.45) is 0 Å². The molecule has 1 aliphatic heterocycles. The molecule has 3 aromatic carbocycles. The van der Waals surface area contributed by atoms with Crippen molar-refractivity contribution < 1.29 is 28.9 Å². The molecule has 1 saturated heterocycles. The van der Waals surface area contributed by atoms with Gasteiger partial charge in [0.05, 0.1) is 35.9 Å². The minimum absolute atomic E-state index is 0.0259. The first-order chi connectivity index (χ1) is 23.7. The van der Waals surface area contributed by atoms with E-state index in [0.717, 1.165) is 29.8 Å². The Labute approximate surface area is 279 Å². The lowest BCUT2D eigenvalue weighted by Gasteiger charge is -2.36. The first-order valence-electron chi connectivity index (χ1n) is 15.9. The van der Waals surface area contributed by atoms with E-state index in [2.05, 4.69) is 15.2 Å². The number of allylic oxidation sites excluding steroid dienone is 1. The number of aromatic hydroxyl groups is 1. The average Bonchev–Trinajstić information content (AvgIpc) is 3.85. The molecule has 250 valence electrons. The van der Waals surface area contributed by atoms with Crippen molar-refractivity contribution in [2.75, 3.05) is 38.2 Å². The molecule has 49 heavy (non-hydrogen) atoms. The van der Waals surface area contributed by atoms with E-state index in [1.807, 2.05) is 15.7 Å². The molecule has 13 heteroatoms. The summed E-state index contributed by atoms with van der Waals surface area (Å²) in [5, 5.41) is 27.9. The summed E-state index contributed by atoms with van der Waals surface area (Å²) in [6.07, 6.45) is 8.12. The largest absolute Gasteiger partial charge is 0.504 e. The topological polar surface area (TPSA) is 143 Å². The number of carbonyl (C=O) groups is 2. The lowest BCUT2D eigenvalue weighted by Crippen LogP contribution is -2.46. The highest BCUT2D eigenvalue weighted by atomic mass is 19.1. The van der Waals surface area contributed by atoms with E-state index < -0.39 is 17.2 Å². The Bertz CT molecular complexity index is 2160. The third kappa shape index (κ3) is 6.52. The van der Waals surface area contributed by atoms with Crippen LogP contribution in [0.4, 0.5) is 10.1 Å². The maximum absolute atomic E-state index is 15.4. The zero-order valence-corrected chi connectivity index (χ0v) is 26.6. The molecule has 0 bridgehead atoms. The van der Waals surface area contributed by atoms with Gasteiger partial charge < -0.3 is 24.4 Å². The minimum Gasteiger partial charge on any atom is -0.504 e. The summed E-state index contributed by atoms with van der Waals surface area (Å²) < 4.78 is 24.0. The minimum atomic E-state index is -1.31. The quantitative estimate of drug-likeness (QED) is 0.160. The number of hydrogen-bond acceptors (Lipinski definition) is 9. The fourth-order valence-corrected chi connectivity index (χ4v) is 6.13. The number of ketones is 1. The number of rotatable bonds is 10. The summed E-state index contributed by atoms with van der Waals surface area (Å²) in [5.74, 6) is -1.69. The molecule has 7 rings (SSSR count). The van der Waals surface area contributed by atoms with Gasteiger partial charge in [0, 0.05) is 55.9 Å². The first-order valence-corrected chi connectivity index (χ1v) is 15.9. The molecule has 0 atom stereocenters. The summed E-state index contributed by atoms with van der Waals surface area (Å²) in [5.41, 5.74) is 2.67. The van der Waals surface area contributed by atoms with Crippen LogP contribution in [0.3, 0.4) is 0 Å². The third-order valence-corrected chi connectivity index (χ3v) is 8.96. The molecule has 2 N–H and O–H groups in total. The van der Waals surface area contributed by atoms with Gasteiger partial charge in [0.2, 0.25) is 5.43 Å². The van der Waals surface area contributed by atoms with Crippen LogP contribution in [0, 0.1) is 5.82 Å². The lowest BCUT2D eigenvalue weighted by molar-refractivity contribution is 0.0694. The molecule has 0 radical (unpaired) electrons. The number of ether oxygens (including phenoxy) is 1. The SMILES string of the molecule is COc1cc(/C=C/C(=O)c2ccc(-n3cc(CN4CCN(c5cc6c(cc5F)c(=O)c(C(=O)O)cn6C5CC5)CC4)nn3)cc2)ccc1O. The van der Waals surface area contributed by atoms with Gasteiger partial charge in [0.1, 0.15) is 11.4 Å². The summed E-state index contributed by atoms with van der Waals surface area (Å²) in [6.45, 7) is 2.97. The number of piperazine rings is 1. The second-order valence-electron chi connectivity index (χ2n) is 12.2. The van der Waals surface area contributed by atoms with Crippen LogP contribution < -0.4 is 15.1 Å². The fourth-order valence-electron chi connectivity index (χ4n) is 6.13. The molecule has 2 fully saturated rings. The number of carbonyl (C=O) groups excluding carboxylic acids is 1. The van der Waals surface area contributed by atoms with Gasteiger partial charge in [-0.25, -0.2) is 13.9 Å². The monoisotopic (exact) mass is 664 g/mol. The van der Waals surface area contributed by atoms with Crippen LogP contribution >= 0.6 is 0 Å². The number of nitrogens with zero attached hydrogens (tertiary/aromatic N) is 6. The molecule has 0 spiro atoms. The van der Waals surface area contributed by atoms with Gasteiger partial charge >= 0.3 is 5.97 Å². The molecule has 2 aliphatic rings. The number of benzene rings is 3. The Morgan fingerprint density at radius 1 is 1.02 bits per heavy atom. The van der Waals surface area contributed by atoms with Crippen molar-refractivity contribution in [1.29, 1.82) is 0 Å². The van der Waals surface area contributed by atoms with E-state index in [4.69, 9.17) is 4.74 Å². The molecule has 1 saturated carbocycles. The van der Waals surface area contributed by atoms with E-state index in [0.29, 0.717) is 55.2 Å². The molecule has 1 aliphatic carbocycles. The zero-order valence-electron chi connectivity index (χ0n) is 26.6. The number of pyridine rings is 1. The van der Waals surface area contributed by atoms with Gasteiger partial charge in [-0.05, 0) is 73.0 Å². The number of aromatic carboxylic acids is 1. The molecule has 3 heterocycles. The highest BCUT2D eigenvalue weighted by molar-refractivity contribution is 6.07. The van der Waals surface area contributed by atoms with Crippen LogP contribution in [0.25, 0.3) is 22.7 Å². The maximum Gasteiger partial charge on any atom is 0.341 e. The van der Waals surface area contributed by atoms with E-state index in [-0.39, 0.29) is 28.5 Å². The standard InChI is InChI=1S/C36H33FN6O6/c1-49-34-16-22(3-11-33(34)45)2-10-32(44)23-4-6-26(7-5-23)43-20-24(38-39-43)19-40-12-14-41(15-13-40)31-18-30-27(17-29(31)37)35(46)28(36(47)48)21-42(30)25-8-9-25/h2-7,10-11,16-18,20-21,25,45H,8-9,12-15,19H2,1H3,(H,47,48)/b10-2+. The molecule has 5 aromatic rings. The second-order valence-corrected chi connectivity index (χ2v) is 12.2. The van der Waals surface area contributed by atoms with Crippen molar-refractivity contribution in [3.05, 3.63) is 111 Å². The van der Waals surface area contributed by atoms with Crippen molar-refractivity contribution in [3.8, 4) is 17.2 Å². The van der Waals surface area contributed by atoms with Gasteiger partial charge in [-0.2, -0.15) is 0 Å². The fraction of sp³-hybridized carbons (Fsp3) is 0.250. The van der Waals surface area contributed by atoms with E-state index in [1.165, 1.54) is 31.5 Å². The van der Waals surface area contributed by atoms with Gasteiger partial charge in [-0.3, -0.25) is 14.5 Å². The van der Waals surface area contributed by atoms with Gasteiger partial charge in [-0.1, -0.05) is 17.4 Å². The van der Waals surface area contributed by atoms with Crippen LogP contribution in [0.2, 0.25) is 0 Å². The highest BCUT2D eigenvalue weighted by Gasteiger charge is 2.28. The number of aromatic nitrogens is 4. The maximum atomic E-state index is 15.4. The van der Waals surface area contributed by atoms with Crippen molar-refractivity contribution >= 4 is 34.4 Å². The zero-order chi connectivity index (χ0) is 34.2. The van der Waals surface area contributed by atoms with Crippen LogP contribution in [-0.4, -0.2) is 79.7 Å². The van der Waals surface area contributed by atoms with Crippen LogP contribution in [0.15, 0.2) is 77.9 Å². The first kappa shape index (κ1) is 31.8. The summed E-state index contributed by atoms with van der Waals surface area (Å²) in [4.78, 5) is 41.4. The van der Waals surface area contributed by atoms with Crippen LogP contribution in [0.1, 0.15) is 50.9 Å². The van der Waals surface area contributed by atoms with Gasteiger partial charge in [0.15, 0.2) is 17.3 Å². The number of anilines is 1. The average molecular weight is 665 g/mol. The lowest BCUT2D eigenvalue weighted by atomic mass is 10.1. The number of hydrogen-bond donors (Lipinski definition) is 2. The predicted molar refractivity (Wildman–Crippen MR) is 180 cm³/mol. The van der Waals surface area contributed by atoms with Gasteiger partial charge in [0.25, 0.3) is 0 Å². The van der Waals surface area contributed by atoms with Crippen molar-refractivity contribution in [2.45, 2.75) is 25.4 Å². The van der Waals surface area contributed by atoms with Crippen molar-refractivity contribution in [1.82, 2.24) is 24.5 Å². The van der Waals surface area contributed by atoms with E-state index in [1.54, 1.807) is 53.2 Å². The highest BCUT2D eigenvalue weighted by Crippen LogP contribution is 2.38. The number of halogens is 1. The van der Waals surface area contributed by atoms with Gasteiger partial charge in [-0.15, -0.1) is 5.10 Å². The number of carboxylic acids is 1. The molecule has 0 unspecified atom stereocenters. The Kier molecular flexibility index (Phi) is 8.43.